The Morgan fingerprint density at radius 3 is 1.83 bits per heavy atom. The van der Waals surface area contributed by atoms with Crippen LogP contribution in [0, 0.1) is 23.7 Å². The topological polar surface area (TPSA) is 18.5 Å². The van der Waals surface area contributed by atoms with Gasteiger partial charge in [0.25, 0.3) is 0 Å². The van der Waals surface area contributed by atoms with E-state index in [0.29, 0.717) is 18.3 Å². The zero-order chi connectivity index (χ0) is 20.7. The maximum Gasteiger partial charge on any atom is 0.573 e. The highest BCUT2D eigenvalue weighted by Crippen LogP contribution is 2.42. The number of hydrogen-bond donors (Lipinski definition) is 0. The Balaban J connectivity index is 1.34. The van der Waals surface area contributed by atoms with E-state index in [4.69, 9.17) is 4.74 Å². The van der Waals surface area contributed by atoms with E-state index in [9.17, 15) is 13.2 Å². The van der Waals surface area contributed by atoms with E-state index in [2.05, 4.69) is 11.7 Å². The number of unbranched alkanes of at least 4 members (excludes halogenated alkanes) is 1. The van der Waals surface area contributed by atoms with Crippen molar-refractivity contribution in [2.75, 3.05) is 6.61 Å². The zero-order valence-electron chi connectivity index (χ0n) is 17.6. The lowest BCUT2D eigenvalue weighted by molar-refractivity contribution is -0.274. The van der Waals surface area contributed by atoms with Gasteiger partial charge < -0.3 is 9.47 Å². The Bertz CT molecular complexity index is 583. The third kappa shape index (κ3) is 7.42. The largest absolute Gasteiger partial charge is 0.573 e. The molecule has 0 atom stereocenters. The number of ether oxygens (including phenoxy) is 2. The van der Waals surface area contributed by atoms with Crippen molar-refractivity contribution in [2.45, 2.75) is 83.9 Å². The van der Waals surface area contributed by atoms with Gasteiger partial charge in [-0.05, 0) is 86.5 Å². The van der Waals surface area contributed by atoms with Crippen LogP contribution in [-0.4, -0.2) is 13.0 Å². The van der Waals surface area contributed by atoms with Crippen molar-refractivity contribution in [2.24, 2.45) is 23.7 Å². The van der Waals surface area contributed by atoms with Crippen LogP contribution in [0.3, 0.4) is 0 Å². The first-order valence-corrected chi connectivity index (χ1v) is 11.4. The number of hydrogen-bond acceptors (Lipinski definition) is 2. The second-order valence-electron chi connectivity index (χ2n) is 9.03. The lowest BCUT2D eigenvalue weighted by atomic mass is 9.69. The molecule has 2 nitrogen and oxygen atoms in total. The lowest BCUT2D eigenvalue weighted by Gasteiger charge is -2.37. The summed E-state index contributed by atoms with van der Waals surface area (Å²) in [7, 11) is 0. The van der Waals surface area contributed by atoms with Gasteiger partial charge in [0.2, 0.25) is 0 Å². The summed E-state index contributed by atoms with van der Waals surface area (Å²) in [5.41, 5.74) is 0. The molecule has 1 aromatic carbocycles. The Morgan fingerprint density at radius 2 is 1.31 bits per heavy atom. The van der Waals surface area contributed by atoms with Gasteiger partial charge in [0.1, 0.15) is 11.5 Å². The van der Waals surface area contributed by atoms with Gasteiger partial charge in [-0.1, -0.05) is 39.0 Å². The molecule has 0 aliphatic heterocycles. The smallest absolute Gasteiger partial charge is 0.493 e. The van der Waals surface area contributed by atoms with Gasteiger partial charge in [-0.2, -0.15) is 0 Å². The molecule has 29 heavy (non-hydrogen) atoms. The second kappa shape index (κ2) is 10.6. The van der Waals surface area contributed by atoms with E-state index in [1.165, 1.54) is 82.8 Å². The minimum Gasteiger partial charge on any atom is -0.493 e. The summed E-state index contributed by atoms with van der Waals surface area (Å²) in [5, 5.41) is 0. The fourth-order valence-corrected chi connectivity index (χ4v) is 5.22. The first-order chi connectivity index (χ1) is 13.9. The van der Waals surface area contributed by atoms with Crippen LogP contribution in [0.4, 0.5) is 13.2 Å². The lowest BCUT2D eigenvalue weighted by Crippen LogP contribution is -2.27. The normalized spacial score (nSPS) is 28.1. The molecule has 0 heterocycles. The Kier molecular flexibility index (Phi) is 8.14. The average molecular weight is 413 g/mol. The molecule has 0 saturated heterocycles. The zero-order valence-corrected chi connectivity index (χ0v) is 17.6. The van der Waals surface area contributed by atoms with Crippen molar-refractivity contribution in [3.8, 4) is 11.5 Å². The molecule has 0 unspecified atom stereocenters. The van der Waals surface area contributed by atoms with Crippen LogP contribution in [0.2, 0.25) is 0 Å². The van der Waals surface area contributed by atoms with Crippen LogP contribution in [-0.2, 0) is 0 Å². The molecule has 0 bridgehead atoms. The second-order valence-corrected chi connectivity index (χ2v) is 9.03. The van der Waals surface area contributed by atoms with Crippen molar-refractivity contribution < 1.29 is 22.6 Å². The Labute approximate surface area is 173 Å². The highest BCUT2D eigenvalue weighted by Gasteiger charge is 2.32. The average Bonchev–Trinajstić information content (AvgIpc) is 2.71. The summed E-state index contributed by atoms with van der Waals surface area (Å²) in [4.78, 5) is 0. The van der Waals surface area contributed by atoms with Crippen molar-refractivity contribution in [3.63, 3.8) is 0 Å². The molecular formula is C24H35F3O2. The summed E-state index contributed by atoms with van der Waals surface area (Å²) in [6, 6.07) is 5.69. The Morgan fingerprint density at radius 1 is 0.793 bits per heavy atom. The fraction of sp³-hybridized carbons (Fsp3) is 0.750. The van der Waals surface area contributed by atoms with E-state index in [1.807, 2.05) is 0 Å². The van der Waals surface area contributed by atoms with E-state index < -0.39 is 6.36 Å². The molecule has 1 aromatic rings. The van der Waals surface area contributed by atoms with Gasteiger partial charge in [-0.15, -0.1) is 13.2 Å². The maximum absolute atomic E-state index is 12.2. The quantitative estimate of drug-likeness (QED) is 0.434. The van der Waals surface area contributed by atoms with Crippen LogP contribution in [0.25, 0.3) is 0 Å². The van der Waals surface area contributed by atoms with E-state index in [1.54, 1.807) is 12.1 Å². The molecule has 0 N–H and O–H groups in total. The summed E-state index contributed by atoms with van der Waals surface area (Å²) in [5.74, 6) is 3.73. The first kappa shape index (κ1) is 22.3. The third-order valence-electron chi connectivity index (χ3n) is 6.96. The van der Waals surface area contributed by atoms with Crippen molar-refractivity contribution in [1.29, 1.82) is 0 Å². The summed E-state index contributed by atoms with van der Waals surface area (Å²) in [6.07, 6.45) is 10.2. The van der Waals surface area contributed by atoms with E-state index >= 15 is 0 Å². The van der Waals surface area contributed by atoms with E-state index in [0.717, 1.165) is 17.8 Å². The third-order valence-corrected chi connectivity index (χ3v) is 6.96. The van der Waals surface area contributed by atoms with Crippen LogP contribution >= 0.6 is 0 Å². The highest BCUT2D eigenvalue weighted by molar-refractivity contribution is 5.31. The van der Waals surface area contributed by atoms with Gasteiger partial charge in [0.05, 0.1) is 6.61 Å². The molecule has 0 radical (unpaired) electrons. The number of rotatable bonds is 8. The number of alkyl halides is 3. The molecule has 2 aliphatic rings. The minimum absolute atomic E-state index is 0.213. The summed E-state index contributed by atoms with van der Waals surface area (Å²) >= 11 is 0. The van der Waals surface area contributed by atoms with Crippen molar-refractivity contribution in [1.82, 2.24) is 0 Å². The molecule has 0 spiro atoms. The summed E-state index contributed by atoms with van der Waals surface area (Å²) < 4.78 is 46.4. The molecule has 2 saturated carbocycles. The molecule has 3 rings (SSSR count). The Hall–Kier alpha value is -1.39. The van der Waals surface area contributed by atoms with Gasteiger partial charge in [-0.25, -0.2) is 0 Å². The predicted octanol–water partition coefficient (Wildman–Crippen LogP) is 7.77. The van der Waals surface area contributed by atoms with Crippen LogP contribution < -0.4 is 9.47 Å². The predicted molar refractivity (Wildman–Crippen MR) is 109 cm³/mol. The van der Waals surface area contributed by atoms with Gasteiger partial charge in [-0.3, -0.25) is 0 Å². The van der Waals surface area contributed by atoms with Crippen LogP contribution in [0.1, 0.15) is 77.6 Å². The molecule has 0 amide bonds. The molecule has 2 aliphatic carbocycles. The summed E-state index contributed by atoms with van der Waals surface area (Å²) in [6.45, 7) is 2.93. The van der Waals surface area contributed by atoms with Gasteiger partial charge >= 0.3 is 6.36 Å². The van der Waals surface area contributed by atoms with E-state index in [-0.39, 0.29) is 5.75 Å². The van der Waals surface area contributed by atoms with Gasteiger partial charge in [0.15, 0.2) is 0 Å². The van der Waals surface area contributed by atoms with Gasteiger partial charge in [0, 0.05) is 0 Å². The van der Waals surface area contributed by atoms with Crippen LogP contribution in [0.15, 0.2) is 24.3 Å². The maximum atomic E-state index is 12.2. The highest BCUT2D eigenvalue weighted by atomic mass is 19.4. The number of halogens is 3. The SMILES string of the molecule is CCCCC1CCC(C2CCC(COc3ccc(OC(F)(F)F)cc3)CC2)CC1. The number of benzene rings is 1. The molecular weight excluding hydrogens is 377 g/mol. The molecule has 5 heteroatoms. The molecule has 2 fully saturated rings. The molecule has 164 valence electrons. The monoisotopic (exact) mass is 412 g/mol. The molecule has 0 aromatic heterocycles. The van der Waals surface area contributed by atoms with Crippen molar-refractivity contribution >= 4 is 0 Å². The standard InChI is InChI=1S/C24H35F3O2/c1-2-3-4-18-5-9-20(10-6-18)21-11-7-19(8-12-21)17-28-22-13-15-23(16-14-22)29-24(25,26)27/h13-16,18-21H,2-12,17H2,1H3. The van der Waals surface area contributed by atoms with Crippen LogP contribution in [0.5, 0.6) is 11.5 Å². The van der Waals surface area contributed by atoms with Crippen molar-refractivity contribution in [3.05, 3.63) is 24.3 Å². The minimum atomic E-state index is -4.66. The fourth-order valence-electron chi connectivity index (χ4n) is 5.22. The first-order valence-electron chi connectivity index (χ1n) is 11.4.